The summed E-state index contributed by atoms with van der Waals surface area (Å²) in [6, 6.07) is 5.02. The van der Waals surface area contributed by atoms with E-state index in [1.165, 1.54) is 10.4 Å². The molecule has 1 aliphatic carbocycles. The minimum Gasteiger partial charge on any atom is -0.399 e. The first kappa shape index (κ1) is 15.3. The second-order valence-corrected chi connectivity index (χ2v) is 7.51. The average molecular weight is 298 g/mol. The highest BCUT2D eigenvalue weighted by atomic mass is 32.2. The lowest BCUT2D eigenvalue weighted by Gasteiger charge is -2.34. The normalized spacial score (nSPS) is 22.8. The van der Waals surface area contributed by atoms with Gasteiger partial charge < -0.3 is 10.8 Å². The van der Waals surface area contributed by atoms with Crippen LogP contribution in [0.2, 0.25) is 0 Å². The van der Waals surface area contributed by atoms with Gasteiger partial charge in [0.15, 0.2) is 0 Å². The highest BCUT2D eigenvalue weighted by Crippen LogP contribution is 2.30. The van der Waals surface area contributed by atoms with Crippen molar-refractivity contribution in [3.63, 3.8) is 0 Å². The van der Waals surface area contributed by atoms with Crippen molar-refractivity contribution in [2.45, 2.75) is 37.2 Å². The predicted molar refractivity (Wildman–Crippen MR) is 78.8 cm³/mol. The molecule has 5 nitrogen and oxygen atoms in total. The van der Waals surface area contributed by atoms with Gasteiger partial charge in [-0.3, -0.25) is 0 Å². The third kappa shape index (κ3) is 2.97. The summed E-state index contributed by atoms with van der Waals surface area (Å²) in [7, 11) is -1.94. The molecule has 0 aromatic heterocycles. The second-order valence-electron chi connectivity index (χ2n) is 5.50. The molecule has 3 N–H and O–H groups in total. The maximum absolute atomic E-state index is 12.6. The fourth-order valence-electron chi connectivity index (χ4n) is 2.58. The van der Waals surface area contributed by atoms with Crippen molar-refractivity contribution in [3.8, 4) is 0 Å². The van der Waals surface area contributed by atoms with Crippen LogP contribution < -0.4 is 5.73 Å². The lowest BCUT2D eigenvalue weighted by Crippen LogP contribution is -2.39. The highest BCUT2D eigenvalue weighted by Gasteiger charge is 2.32. The molecule has 0 amide bonds. The third-order valence-electron chi connectivity index (χ3n) is 3.89. The van der Waals surface area contributed by atoms with E-state index in [4.69, 9.17) is 5.73 Å². The number of sulfonamides is 1. The smallest absolute Gasteiger partial charge is 0.243 e. The van der Waals surface area contributed by atoms with Crippen LogP contribution >= 0.6 is 0 Å². The maximum Gasteiger partial charge on any atom is 0.243 e. The standard InChI is InChI=1S/C14H22N2O3S/c1-3-11-4-5-12(15)8-14(11)20(18,19)16(2)9-10-6-13(17)7-10/h4-5,8,10,13,17H,3,6-7,9,15H2,1-2H3. The fourth-order valence-corrected chi connectivity index (χ4v) is 4.15. The van der Waals surface area contributed by atoms with Gasteiger partial charge in [-0.15, -0.1) is 0 Å². The van der Waals surface area contributed by atoms with Crippen molar-refractivity contribution in [3.05, 3.63) is 23.8 Å². The van der Waals surface area contributed by atoms with Gasteiger partial charge in [0, 0.05) is 19.3 Å². The Kier molecular flexibility index (Phi) is 4.36. The zero-order valence-electron chi connectivity index (χ0n) is 11.9. The van der Waals surface area contributed by atoms with E-state index in [9.17, 15) is 13.5 Å². The molecule has 0 heterocycles. The van der Waals surface area contributed by atoms with Gasteiger partial charge in [-0.2, -0.15) is 0 Å². The number of aliphatic hydroxyl groups is 1. The Balaban J connectivity index is 2.23. The zero-order chi connectivity index (χ0) is 14.9. The number of aliphatic hydroxyl groups excluding tert-OH is 1. The minimum atomic E-state index is -3.52. The Labute approximate surface area is 120 Å². The van der Waals surface area contributed by atoms with E-state index >= 15 is 0 Å². The lowest BCUT2D eigenvalue weighted by atomic mass is 9.82. The van der Waals surface area contributed by atoms with Crippen LogP contribution in [0.15, 0.2) is 23.1 Å². The van der Waals surface area contributed by atoms with Gasteiger partial charge in [0.1, 0.15) is 0 Å². The first-order chi connectivity index (χ1) is 9.34. The van der Waals surface area contributed by atoms with Crippen molar-refractivity contribution in [1.29, 1.82) is 0 Å². The Morgan fingerprint density at radius 1 is 1.40 bits per heavy atom. The number of hydrogen-bond donors (Lipinski definition) is 2. The quantitative estimate of drug-likeness (QED) is 0.801. The van der Waals surface area contributed by atoms with Crippen LogP contribution in [0, 0.1) is 5.92 Å². The summed E-state index contributed by atoms with van der Waals surface area (Å²) in [4.78, 5) is 0.294. The van der Waals surface area contributed by atoms with Gasteiger partial charge in [0.25, 0.3) is 0 Å². The zero-order valence-corrected chi connectivity index (χ0v) is 12.7. The van der Waals surface area contributed by atoms with Crippen molar-refractivity contribution >= 4 is 15.7 Å². The monoisotopic (exact) mass is 298 g/mol. The molecule has 112 valence electrons. The van der Waals surface area contributed by atoms with Gasteiger partial charge in [0.2, 0.25) is 10.0 Å². The van der Waals surface area contributed by atoms with Crippen molar-refractivity contribution in [2.75, 3.05) is 19.3 Å². The topological polar surface area (TPSA) is 83.6 Å². The number of anilines is 1. The van der Waals surface area contributed by atoms with Gasteiger partial charge in [-0.05, 0) is 42.9 Å². The summed E-state index contributed by atoms with van der Waals surface area (Å²) in [6.45, 7) is 2.37. The molecule has 0 atom stereocenters. The number of rotatable bonds is 5. The Bertz CT molecular complexity index is 580. The summed E-state index contributed by atoms with van der Waals surface area (Å²) >= 11 is 0. The summed E-state index contributed by atoms with van der Waals surface area (Å²) in [6.07, 6.45) is 1.73. The number of hydrogen-bond acceptors (Lipinski definition) is 4. The molecule has 1 aliphatic rings. The molecule has 0 aliphatic heterocycles. The third-order valence-corrected chi connectivity index (χ3v) is 5.79. The van der Waals surface area contributed by atoms with Crippen LogP contribution in [-0.2, 0) is 16.4 Å². The molecule has 0 saturated heterocycles. The van der Waals surface area contributed by atoms with Crippen LogP contribution in [0.5, 0.6) is 0 Å². The summed E-state index contributed by atoms with van der Waals surface area (Å²) in [5.41, 5.74) is 6.95. The second kappa shape index (κ2) is 5.71. The molecular weight excluding hydrogens is 276 g/mol. The minimum absolute atomic E-state index is 0.246. The highest BCUT2D eigenvalue weighted by molar-refractivity contribution is 7.89. The molecule has 1 saturated carbocycles. The molecule has 0 radical (unpaired) electrons. The summed E-state index contributed by atoms with van der Waals surface area (Å²) in [5, 5.41) is 9.29. The average Bonchev–Trinajstić information content (AvgIpc) is 2.36. The number of nitrogen functional groups attached to an aromatic ring is 1. The molecule has 20 heavy (non-hydrogen) atoms. The number of benzene rings is 1. The van der Waals surface area contributed by atoms with E-state index in [1.54, 1.807) is 19.2 Å². The van der Waals surface area contributed by atoms with Crippen LogP contribution in [0.25, 0.3) is 0 Å². The van der Waals surface area contributed by atoms with Crippen LogP contribution in [0.4, 0.5) is 5.69 Å². The lowest BCUT2D eigenvalue weighted by molar-refractivity contribution is 0.0367. The van der Waals surface area contributed by atoms with Crippen LogP contribution in [0.1, 0.15) is 25.3 Å². The Morgan fingerprint density at radius 3 is 2.60 bits per heavy atom. The molecule has 1 aromatic carbocycles. The Hall–Kier alpha value is -1.11. The molecule has 6 heteroatoms. The van der Waals surface area contributed by atoms with Crippen LogP contribution in [0.3, 0.4) is 0 Å². The molecule has 0 unspecified atom stereocenters. The first-order valence-corrected chi connectivity index (χ1v) is 8.31. The predicted octanol–water partition coefficient (Wildman–Crippen LogP) is 1.22. The Morgan fingerprint density at radius 2 is 2.05 bits per heavy atom. The number of aryl methyl sites for hydroxylation is 1. The van der Waals surface area contributed by atoms with E-state index in [-0.39, 0.29) is 12.0 Å². The number of nitrogens with zero attached hydrogens (tertiary/aromatic N) is 1. The van der Waals surface area contributed by atoms with Gasteiger partial charge in [-0.25, -0.2) is 12.7 Å². The fraction of sp³-hybridized carbons (Fsp3) is 0.571. The van der Waals surface area contributed by atoms with Crippen molar-refractivity contribution < 1.29 is 13.5 Å². The van der Waals surface area contributed by atoms with Crippen molar-refractivity contribution in [1.82, 2.24) is 4.31 Å². The van der Waals surface area contributed by atoms with E-state index in [1.807, 2.05) is 6.92 Å². The largest absolute Gasteiger partial charge is 0.399 e. The molecule has 0 spiro atoms. The van der Waals surface area contributed by atoms with E-state index < -0.39 is 10.0 Å². The maximum atomic E-state index is 12.6. The van der Waals surface area contributed by atoms with E-state index in [2.05, 4.69) is 0 Å². The first-order valence-electron chi connectivity index (χ1n) is 6.87. The van der Waals surface area contributed by atoms with E-state index in [0.29, 0.717) is 36.4 Å². The molecule has 1 fully saturated rings. The van der Waals surface area contributed by atoms with Gasteiger partial charge >= 0.3 is 0 Å². The van der Waals surface area contributed by atoms with Crippen LogP contribution in [-0.4, -0.2) is 37.5 Å². The van der Waals surface area contributed by atoms with Crippen molar-refractivity contribution in [2.24, 2.45) is 5.92 Å². The van der Waals surface area contributed by atoms with Gasteiger partial charge in [0.05, 0.1) is 11.0 Å². The van der Waals surface area contributed by atoms with Gasteiger partial charge in [-0.1, -0.05) is 13.0 Å². The molecule has 1 aromatic rings. The molecular formula is C14H22N2O3S. The summed E-state index contributed by atoms with van der Waals surface area (Å²) in [5.74, 6) is 0.246. The SMILES string of the molecule is CCc1ccc(N)cc1S(=O)(=O)N(C)CC1CC(O)C1. The number of nitrogens with two attached hydrogens (primary N) is 1. The van der Waals surface area contributed by atoms with E-state index in [0.717, 1.165) is 5.56 Å². The summed E-state index contributed by atoms with van der Waals surface area (Å²) < 4.78 is 26.6. The molecule has 0 bridgehead atoms. The molecule has 2 rings (SSSR count).